The van der Waals surface area contributed by atoms with Gasteiger partial charge in [-0.1, -0.05) is 106 Å². The summed E-state index contributed by atoms with van der Waals surface area (Å²) in [5, 5.41) is 20.1. The first-order valence-electron chi connectivity index (χ1n) is 26.5. The van der Waals surface area contributed by atoms with E-state index in [9.17, 15) is 43.5 Å². The van der Waals surface area contributed by atoms with Crippen LogP contribution >= 0.6 is 15.9 Å². The third kappa shape index (κ3) is 15.9. The fourth-order valence-electron chi connectivity index (χ4n) is 9.60. The minimum absolute atomic E-state index is 0.00725. The molecule has 2 heterocycles. The Bertz CT molecular complexity index is 2400. The van der Waals surface area contributed by atoms with Gasteiger partial charge in [0.05, 0.1) is 11.5 Å². The van der Waals surface area contributed by atoms with Gasteiger partial charge in [0.1, 0.15) is 36.3 Å². The number of esters is 1. The summed E-state index contributed by atoms with van der Waals surface area (Å²) in [5.74, 6) is -8.07. The second-order valence-corrected chi connectivity index (χ2v) is 22.8. The Morgan fingerprint density at radius 1 is 0.658 bits per heavy atom. The van der Waals surface area contributed by atoms with Crippen LogP contribution in [0.3, 0.4) is 0 Å². The molecule has 2 aromatic carbocycles. The number of benzene rings is 2. The van der Waals surface area contributed by atoms with Crippen LogP contribution in [0.4, 0.5) is 0 Å². The van der Waals surface area contributed by atoms with Crippen LogP contribution in [0.5, 0.6) is 0 Å². The number of hydrogen-bond donors (Lipinski definition) is 4. The molecule has 2 aromatic rings. The maximum atomic E-state index is 15.0. The smallest absolute Gasteiger partial charge is 0.332 e. The van der Waals surface area contributed by atoms with Crippen molar-refractivity contribution in [2.75, 3.05) is 41.3 Å². The van der Waals surface area contributed by atoms with Gasteiger partial charge in [-0.2, -0.15) is 0 Å². The topological polar surface area (TPSA) is 235 Å². The van der Waals surface area contributed by atoms with Crippen LogP contribution in [0.1, 0.15) is 106 Å². The molecule has 2 saturated heterocycles. The highest BCUT2D eigenvalue weighted by Crippen LogP contribution is 2.26. The molecule has 19 nitrogen and oxygen atoms in total. The van der Waals surface area contributed by atoms with Crippen LogP contribution in [0.2, 0.25) is 0 Å². The van der Waals surface area contributed by atoms with E-state index in [1.807, 2.05) is 51.1 Å². The van der Waals surface area contributed by atoms with Crippen molar-refractivity contribution in [2.24, 2.45) is 23.7 Å². The number of ether oxygens (including phenoxy) is 1. The lowest BCUT2D eigenvalue weighted by Gasteiger charge is -2.39. The lowest BCUT2D eigenvalue weighted by molar-refractivity contribution is -0.177. The molecule has 8 amide bonds. The van der Waals surface area contributed by atoms with Crippen LogP contribution in [-0.4, -0.2) is 178 Å². The predicted molar refractivity (Wildman–Crippen MR) is 291 cm³/mol. The Hall–Kier alpha value is -5.89. The first kappa shape index (κ1) is 62.6. The fraction of sp³-hybridized carbons (Fsp3) is 0.625. The maximum Gasteiger partial charge on any atom is 0.332 e. The van der Waals surface area contributed by atoms with Crippen molar-refractivity contribution < 1.29 is 53.0 Å². The largest absolute Gasteiger partial charge is 0.450 e. The molecule has 0 spiro atoms. The molecule has 420 valence electrons. The first-order chi connectivity index (χ1) is 35.5. The molecule has 0 saturated carbocycles. The molecule has 2 aliphatic rings. The molecule has 76 heavy (non-hydrogen) atoms. The van der Waals surface area contributed by atoms with E-state index in [-0.39, 0.29) is 44.7 Å². The Morgan fingerprint density at radius 2 is 1.21 bits per heavy atom. The molecule has 2 fully saturated rings. The lowest BCUT2D eigenvalue weighted by Crippen LogP contribution is -2.62. The van der Waals surface area contributed by atoms with Crippen molar-refractivity contribution in [1.29, 1.82) is 0 Å². The van der Waals surface area contributed by atoms with E-state index in [1.165, 1.54) is 70.6 Å². The molecule has 0 aliphatic carbocycles. The molecule has 11 atom stereocenters. The molecule has 20 heteroatoms. The van der Waals surface area contributed by atoms with Crippen molar-refractivity contribution in [3.8, 4) is 0 Å². The highest BCUT2D eigenvalue weighted by molar-refractivity contribution is 9.10. The number of amides is 8. The Balaban J connectivity index is 1.87. The SMILES string of the molecule is CCC(C)[C@@H]1NC(=O)C2CCN(C2)C(=O)C(Cc2cccc(Br)c2)N(C)C(=O)C(Cc2ccccc2)NC(=O)[C@H](C)N(C)C(=O)[C@@H](C(C)CC)OC(=O)[C@H](C(C)(C)O)N(C)C(=O)[C@H](CC(C)C)NC(=O)[C@H](C)N(C)C1=O. The number of aliphatic hydroxyl groups is 1. The van der Waals surface area contributed by atoms with Gasteiger partial charge in [0.2, 0.25) is 41.4 Å². The van der Waals surface area contributed by atoms with Crippen molar-refractivity contribution >= 4 is 69.2 Å². The van der Waals surface area contributed by atoms with Gasteiger partial charge < -0.3 is 50.3 Å². The van der Waals surface area contributed by atoms with Crippen LogP contribution in [0.15, 0.2) is 59.1 Å². The quantitative estimate of drug-likeness (QED) is 0.237. The van der Waals surface area contributed by atoms with Crippen LogP contribution in [0.25, 0.3) is 0 Å². The van der Waals surface area contributed by atoms with E-state index in [2.05, 4.69) is 31.9 Å². The van der Waals surface area contributed by atoms with E-state index >= 15 is 4.79 Å². The second kappa shape index (κ2) is 27.4. The minimum atomic E-state index is -1.96. The number of carbonyl (C=O) groups excluding carboxylic acids is 9. The molecule has 4 rings (SSSR count). The van der Waals surface area contributed by atoms with Crippen molar-refractivity contribution in [2.45, 2.75) is 162 Å². The van der Waals surface area contributed by atoms with Crippen LogP contribution in [0, 0.1) is 23.7 Å². The molecule has 0 aromatic heterocycles. The predicted octanol–water partition coefficient (Wildman–Crippen LogP) is 3.72. The number of nitrogens with one attached hydrogen (secondary N) is 3. The molecule has 2 bridgehead atoms. The normalized spacial score (nSPS) is 26.9. The number of cyclic esters (lactones) is 1. The zero-order chi connectivity index (χ0) is 57.1. The monoisotopic (exact) mass is 1120 g/mol. The van der Waals surface area contributed by atoms with E-state index in [0.29, 0.717) is 18.4 Å². The van der Waals surface area contributed by atoms with Gasteiger partial charge in [0.15, 0.2) is 12.1 Å². The summed E-state index contributed by atoms with van der Waals surface area (Å²) >= 11 is 3.52. The highest BCUT2D eigenvalue weighted by Gasteiger charge is 2.46. The maximum absolute atomic E-state index is 15.0. The van der Waals surface area contributed by atoms with Gasteiger partial charge in [0, 0.05) is 64.5 Å². The number of fused-ring (bicyclic) bond motifs is 2. The summed E-state index contributed by atoms with van der Waals surface area (Å²) in [6, 6.07) is 7.48. The van der Waals surface area contributed by atoms with Gasteiger partial charge in [0.25, 0.3) is 5.91 Å². The van der Waals surface area contributed by atoms with Crippen LogP contribution in [-0.2, 0) is 60.7 Å². The zero-order valence-electron chi connectivity index (χ0n) is 46.9. The molecular formula is C56H83BrN8O11. The lowest BCUT2D eigenvalue weighted by atomic mass is 9.94. The summed E-state index contributed by atoms with van der Waals surface area (Å²) < 4.78 is 6.74. The summed E-state index contributed by atoms with van der Waals surface area (Å²) in [6.07, 6.45) is -0.265. The number of rotatable bonds is 11. The van der Waals surface area contributed by atoms with Crippen molar-refractivity contribution in [3.63, 3.8) is 0 Å². The zero-order valence-corrected chi connectivity index (χ0v) is 48.5. The highest BCUT2D eigenvalue weighted by atomic mass is 79.9. The van der Waals surface area contributed by atoms with E-state index in [0.717, 1.165) is 19.8 Å². The number of nitrogens with zero attached hydrogens (tertiary/aromatic N) is 5. The summed E-state index contributed by atoms with van der Waals surface area (Å²) in [6.45, 7) is 16.5. The standard InChI is InChI=1S/C56H83BrN8O11/c1-15-33(5)44-53(72)61(11)35(7)47(66)58-41(27-32(3)4)51(70)64(14)46(56(9,10)75)55(74)76-45(34(6)16-2)54(73)62(12)36(8)48(67)59-42(29-37-21-18-17-19-22-37)50(69)63(13)43(30-38-23-20-24-40(57)28-38)52(71)65-26-25-39(31-65)49(68)60-44/h17-24,28,32-36,39,41-46,75H,15-16,25-27,29-31H2,1-14H3,(H,58,66)(H,59,67)(H,60,68)/t33?,34?,35-,36-,39?,41-,42?,43?,44-,45+,46+/m0/s1. The molecule has 4 N–H and O–H groups in total. The second-order valence-electron chi connectivity index (χ2n) is 21.9. The van der Waals surface area contributed by atoms with Crippen LogP contribution < -0.4 is 16.0 Å². The average Bonchev–Trinajstić information content (AvgIpc) is 3.88. The minimum Gasteiger partial charge on any atom is -0.450 e. The van der Waals surface area contributed by atoms with E-state index in [4.69, 9.17) is 4.74 Å². The van der Waals surface area contributed by atoms with Gasteiger partial charge in [-0.05, 0) is 82.1 Å². The van der Waals surface area contributed by atoms with Crippen molar-refractivity contribution in [1.82, 2.24) is 40.4 Å². The molecule has 5 unspecified atom stereocenters. The summed E-state index contributed by atoms with van der Waals surface area (Å²) in [4.78, 5) is 137. The number of halogens is 1. The fourth-order valence-corrected chi connectivity index (χ4v) is 10.1. The molecular weight excluding hydrogens is 1040 g/mol. The van der Waals surface area contributed by atoms with Gasteiger partial charge in [-0.15, -0.1) is 0 Å². The number of carbonyl (C=O) groups is 9. The Labute approximate surface area is 457 Å². The Kier molecular flexibility index (Phi) is 22.6. The molecule has 2 aliphatic heterocycles. The van der Waals surface area contributed by atoms with E-state index in [1.54, 1.807) is 45.0 Å². The number of hydrogen-bond acceptors (Lipinski definition) is 11. The summed E-state index contributed by atoms with van der Waals surface area (Å²) in [7, 11) is 5.58. The van der Waals surface area contributed by atoms with Gasteiger partial charge in [-0.3, -0.25) is 38.4 Å². The third-order valence-electron chi connectivity index (χ3n) is 15.2. The van der Waals surface area contributed by atoms with Crippen molar-refractivity contribution in [3.05, 3.63) is 70.2 Å². The number of likely N-dealkylation sites (N-methyl/N-ethyl adjacent to an activating group) is 4. The van der Waals surface area contributed by atoms with Gasteiger partial charge >= 0.3 is 5.97 Å². The molecule has 0 radical (unpaired) electrons. The first-order valence-corrected chi connectivity index (χ1v) is 27.3. The Morgan fingerprint density at radius 3 is 1.76 bits per heavy atom. The van der Waals surface area contributed by atoms with Gasteiger partial charge in [-0.25, -0.2) is 4.79 Å². The average molecular weight is 1120 g/mol. The van der Waals surface area contributed by atoms with E-state index < -0.39 is 125 Å². The third-order valence-corrected chi connectivity index (χ3v) is 15.7. The summed E-state index contributed by atoms with van der Waals surface area (Å²) in [5.41, 5.74) is -0.537.